The summed E-state index contributed by atoms with van der Waals surface area (Å²) in [6.07, 6.45) is 23.9. The van der Waals surface area contributed by atoms with Crippen LogP contribution in [-0.4, -0.2) is 76.4 Å². The zero-order chi connectivity index (χ0) is 30.1. The highest BCUT2D eigenvalue weighted by molar-refractivity contribution is 5.69. The second-order valence-corrected chi connectivity index (χ2v) is 11.6. The first-order valence-electron chi connectivity index (χ1n) is 17.3. The van der Waals surface area contributed by atoms with Gasteiger partial charge < -0.3 is 29.6 Å². The Labute approximate surface area is 254 Å². The van der Waals surface area contributed by atoms with Gasteiger partial charge in [-0.25, -0.2) is 0 Å². The molecule has 0 saturated heterocycles. The van der Waals surface area contributed by atoms with Gasteiger partial charge in [-0.15, -0.1) is 0 Å². The maximum Gasteiger partial charge on any atom is 0.305 e. The third-order valence-electron chi connectivity index (χ3n) is 7.79. The molecule has 0 aliphatic rings. The molecule has 0 rings (SSSR count). The predicted molar refractivity (Wildman–Crippen MR) is 171 cm³/mol. The van der Waals surface area contributed by atoms with Gasteiger partial charge >= 0.3 is 5.97 Å². The lowest BCUT2D eigenvalue weighted by molar-refractivity contribution is -0.144. The van der Waals surface area contributed by atoms with Crippen LogP contribution in [-0.2, 0) is 23.8 Å². The lowest BCUT2D eigenvalue weighted by Gasteiger charge is -2.22. The Kier molecular flexibility index (Phi) is 32.6. The van der Waals surface area contributed by atoms with Crippen molar-refractivity contribution in [1.29, 1.82) is 0 Å². The molecule has 7 nitrogen and oxygen atoms in total. The van der Waals surface area contributed by atoms with E-state index < -0.39 is 0 Å². The Morgan fingerprint density at radius 3 is 1.85 bits per heavy atom. The van der Waals surface area contributed by atoms with Crippen LogP contribution in [0.4, 0.5) is 0 Å². The van der Waals surface area contributed by atoms with Crippen molar-refractivity contribution in [3.05, 3.63) is 0 Å². The van der Waals surface area contributed by atoms with Crippen molar-refractivity contribution < 1.29 is 23.8 Å². The lowest BCUT2D eigenvalue weighted by Crippen LogP contribution is -2.30. The molecule has 0 saturated carbocycles. The van der Waals surface area contributed by atoms with Crippen LogP contribution in [0.25, 0.3) is 0 Å². The quantitative estimate of drug-likeness (QED) is 0.0476. The highest BCUT2D eigenvalue weighted by Gasteiger charge is 2.10. The van der Waals surface area contributed by atoms with Crippen molar-refractivity contribution in [1.82, 2.24) is 4.90 Å². The van der Waals surface area contributed by atoms with Gasteiger partial charge in [0.2, 0.25) is 0 Å². The third kappa shape index (κ3) is 30.2. The minimum Gasteiger partial charge on any atom is -0.466 e. The zero-order valence-electron chi connectivity index (χ0n) is 27.2. The molecule has 0 aliphatic heterocycles. The van der Waals surface area contributed by atoms with Crippen LogP contribution in [0.2, 0.25) is 0 Å². The number of rotatable bonds is 34. The van der Waals surface area contributed by atoms with E-state index in [1.807, 2.05) is 0 Å². The number of carbonyl (C=O) groups excluding carboxylic acids is 2. The SMILES string of the molecule is CCCCCCC(CCCCCC)CCCOC(=O)CCCCCN(CCCCCC=O)CCOCCOCCN. The lowest BCUT2D eigenvalue weighted by atomic mass is 9.91. The van der Waals surface area contributed by atoms with Crippen molar-refractivity contribution in [2.24, 2.45) is 11.7 Å². The Hall–Kier alpha value is -1.02. The van der Waals surface area contributed by atoms with Crippen molar-refractivity contribution in [2.75, 3.05) is 59.2 Å². The molecule has 0 bridgehead atoms. The molecular weight excluding hydrogens is 516 g/mol. The topological polar surface area (TPSA) is 91.1 Å². The van der Waals surface area contributed by atoms with Crippen LogP contribution in [0.1, 0.15) is 142 Å². The molecule has 0 atom stereocenters. The van der Waals surface area contributed by atoms with Crippen molar-refractivity contribution in [3.8, 4) is 0 Å². The van der Waals surface area contributed by atoms with E-state index in [0.29, 0.717) is 52.4 Å². The smallest absolute Gasteiger partial charge is 0.305 e. The minimum atomic E-state index is -0.0373. The van der Waals surface area contributed by atoms with Crippen molar-refractivity contribution >= 4 is 12.3 Å². The summed E-state index contributed by atoms with van der Waals surface area (Å²) in [5.74, 6) is 0.759. The molecule has 0 amide bonds. The van der Waals surface area contributed by atoms with Crippen LogP contribution >= 0.6 is 0 Å². The number of carbonyl (C=O) groups is 2. The average Bonchev–Trinajstić information content (AvgIpc) is 2.98. The number of nitrogens with zero attached hydrogens (tertiary/aromatic N) is 1. The Balaban J connectivity index is 4.09. The molecule has 244 valence electrons. The summed E-state index contributed by atoms with van der Waals surface area (Å²) in [5, 5.41) is 0. The second-order valence-electron chi connectivity index (χ2n) is 11.6. The number of aldehydes is 1. The van der Waals surface area contributed by atoms with E-state index in [-0.39, 0.29) is 5.97 Å². The van der Waals surface area contributed by atoms with E-state index in [1.54, 1.807) is 0 Å². The highest BCUT2D eigenvalue weighted by atomic mass is 16.5. The zero-order valence-corrected chi connectivity index (χ0v) is 27.2. The molecule has 0 fully saturated rings. The molecule has 0 aromatic heterocycles. The molecule has 0 unspecified atom stereocenters. The molecule has 7 heteroatoms. The maximum absolute atomic E-state index is 12.3. The first-order chi connectivity index (χ1) is 20.2. The molecule has 0 aliphatic carbocycles. The Morgan fingerprint density at radius 1 is 0.659 bits per heavy atom. The molecular formula is C34H68N2O5. The van der Waals surface area contributed by atoms with Gasteiger partial charge in [-0.2, -0.15) is 0 Å². The van der Waals surface area contributed by atoms with Gasteiger partial charge in [0.1, 0.15) is 6.29 Å². The standard InChI is InChI=1S/C34H68N2O5/c1-3-5-7-12-19-33(20-13-8-6-4-2)21-18-28-41-34(38)22-14-11-16-25-36(24-15-9-10-17-27-37)26-30-40-32-31-39-29-23-35/h27,33H,3-26,28-32,35H2,1-2H3. The summed E-state index contributed by atoms with van der Waals surface area (Å²) in [6, 6.07) is 0. The minimum absolute atomic E-state index is 0.0373. The summed E-state index contributed by atoms with van der Waals surface area (Å²) in [5.41, 5.74) is 5.43. The Bertz CT molecular complexity index is 537. The summed E-state index contributed by atoms with van der Waals surface area (Å²) >= 11 is 0. The fraction of sp³-hybridized carbons (Fsp3) is 0.941. The van der Waals surface area contributed by atoms with E-state index in [0.717, 1.165) is 76.8 Å². The van der Waals surface area contributed by atoms with E-state index in [2.05, 4.69) is 18.7 Å². The number of hydrogen-bond acceptors (Lipinski definition) is 7. The largest absolute Gasteiger partial charge is 0.466 e. The number of ether oxygens (including phenoxy) is 3. The molecule has 0 aromatic rings. The van der Waals surface area contributed by atoms with Crippen LogP contribution < -0.4 is 5.73 Å². The van der Waals surface area contributed by atoms with Gasteiger partial charge in [-0.1, -0.05) is 90.9 Å². The number of unbranched alkanes of at least 4 members (excludes halogenated alkanes) is 11. The monoisotopic (exact) mass is 585 g/mol. The maximum atomic E-state index is 12.3. The Morgan fingerprint density at radius 2 is 1.24 bits per heavy atom. The van der Waals surface area contributed by atoms with Gasteiger partial charge in [-0.05, 0) is 57.5 Å². The molecule has 0 spiro atoms. The van der Waals surface area contributed by atoms with Gasteiger partial charge in [0.05, 0.1) is 33.0 Å². The molecule has 41 heavy (non-hydrogen) atoms. The van der Waals surface area contributed by atoms with Crippen LogP contribution in [0.3, 0.4) is 0 Å². The third-order valence-corrected chi connectivity index (χ3v) is 7.79. The van der Waals surface area contributed by atoms with Crippen molar-refractivity contribution in [3.63, 3.8) is 0 Å². The number of hydrogen-bond donors (Lipinski definition) is 1. The van der Waals surface area contributed by atoms with E-state index in [9.17, 15) is 9.59 Å². The fourth-order valence-corrected chi connectivity index (χ4v) is 5.24. The summed E-state index contributed by atoms with van der Waals surface area (Å²) in [7, 11) is 0. The normalized spacial score (nSPS) is 11.5. The first-order valence-corrected chi connectivity index (χ1v) is 17.3. The van der Waals surface area contributed by atoms with Gasteiger partial charge in [0.25, 0.3) is 0 Å². The molecule has 0 radical (unpaired) electrons. The van der Waals surface area contributed by atoms with E-state index in [1.165, 1.54) is 70.6 Å². The molecule has 2 N–H and O–H groups in total. The molecule has 0 aromatic carbocycles. The molecule has 0 heterocycles. The van der Waals surface area contributed by atoms with Crippen LogP contribution in [0.5, 0.6) is 0 Å². The van der Waals surface area contributed by atoms with E-state index in [4.69, 9.17) is 19.9 Å². The second kappa shape index (κ2) is 33.5. The fourth-order valence-electron chi connectivity index (χ4n) is 5.24. The van der Waals surface area contributed by atoms with Gasteiger partial charge in [-0.3, -0.25) is 4.79 Å². The highest BCUT2D eigenvalue weighted by Crippen LogP contribution is 2.23. The summed E-state index contributed by atoms with van der Waals surface area (Å²) in [4.78, 5) is 25.3. The first kappa shape index (κ1) is 40.0. The number of nitrogens with two attached hydrogens (primary N) is 1. The van der Waals surface area contributed by atoms with Gasteiger partial charge in [0.15, 0.2) is 0 Å². The summed E-state index contributed by atoms with van der Waals surface area (Å²) < 4.78 is 16.7. The van der Waals surface area contributed by atoms with E-state index >= 15 is 0 Å². The van der Waals surface area contributed by atoms with Crippen LogP contribution in [0.15, 0.2) is 0 Å². The average molecular weight is 585 g/mol. The predicted octanol–water partition coefficient (Wildman–Crippen LogP) is 7.48. The number of esters is 1. The van der Waals surface area contributed by atoms with Gasteiger partial charge in [0, 0.05) is 25.9 Å². The van der Waals surface area contributed by atoms with Crippen molar-refractivity contribution in [2.45, 2.75) is 142 Å². The van der Waals surface area contributed by atoms with Crippen LogP contribution in [0, 0.1) is 5.92 Å². The summed E-state index contributed by atoms with van der Waals surface area (Å²) in [6.45, 7) is 11.0.